The van der Waals surface area contributed by atoms with Crippen molar-refractivity contribution < 1.29 is 9.53 Å². The van der Waals surface area contributed by atoms with E-state index in [4.69, 9.17) is 10.5 Å². The maximum absolute atomic E-state index is 11.2. The van der Waals surface area contributed by atoms with Crippen molar-refractivity contribution in [2.75, 3.05) is 19.8 Å². The molecule has 12 heavy (non-hydrogen) atoms. The van der Waals surface area contributed by atoms with Crippen molar-refractivity contribution in [3.63, 3.8) is 0 Å². The summed E-state index contributed by atoms with van der Waals surface area (Å²) in [5, 5.41) is 1.87. The van der Waals surface area contributed by atoms with Crippen LogP contribution in [0, 0.1) is 0 Å². The van der Waals surface area contributed by atoms with E-state index in [0.717, 1.165) is 4.88 Å². The second kappa shape index (κ2) is 5.03. The molecule has 3 nitrogen and oxygen atoms in total. The Hall–Kier alpha value is -0.710. The largest absolute Gasteiger partial charge is 0.372 e. The number of ketones is 1. The summed E-state index contributed by atoms with van der Waals surface area (Å²) >= 11 is 1.43. The highest BCUT2D eigenvalue weighted by atomic mass is 32.1. The van der Waals surface area contributed by atoms with Gasteiger partial charge in [0.25, 0.3) is 0 Å². The molecule has 0 aliphatic heterocycles. The lowest BCUT2D eigenvalue weighted by atomic mass is 10.3. The highest BCUT2D eigenvalue weighted by Crippen LogP contribution is 2.08. The number of nitrogens with two attached hydrogens (primary N) is 1. The fourth-order valence-electron chi connectivity index (χ4n) is 0.757. The van der Waals surface area contributed by atoms with Crippen molar-refractivity contribution in [3.05, 3.63) is 22.4 Å². The summed E-state index contributed by atoms with van der Waals surface area (Å²) in [4.78, 5) is 12.0. The molecule has 0 amide bonds. The van der Waals surface area contributed by atoms with Gasteiger partial charge in [0.15, 0.2) is 5.78 Å². The predicted molar refractivity (Wildman–Crippen MR) is 48.5 cm³/mol. The molecule has 0 saturated carbocycles. The predicted octanol–water partition coefficient (Wildman–Crippen LogP) is 0.906. The fraction of sp³-hybridized carbons (Fsp3) is 0.375. The molecule has 66 valence electrons. The monoisotopic (exact) mass is 185 g/mol. The second-order valence-electron chi connectivity index (χ2n) is 2.24. The molecule has 0 saturated heterocycles. The van der Waals surface area contributed by atoms with Crippen molar-refractivity contribution in [2.45, 2.75) is 0 Å². The third-order valence-corrected chi connectivity index (χ3v) is 2.20. The van der Waals surface area contributed by atoms with Crippen molar-refractivity contribution in [1.82, 2.24) is 0 Å². The van der Waals surface area contributed by atoms with Crippen LogP contribution in [-0.2, 0) is 4.74 Å². The molecule has 1 heterocycles. The normalized spacial score (nSPS) is 10.1. The van der Waals surface area contributed by atoms with Gasteiger partial charge in [-0.15, -0.1) is 11.3 Å². The number of carbonyl (C=O) groups is 1. The molecule has 0 atom stereocenters. The van der Waals surface area contributed by atoms with Crippen LogP contribution in [0.25, 0.3) is 0 Å². The maximum Gasteiger partial charge on any atom is 0.198 e. The van der Waals surface area contributed by atoms with E-state index in [-0.39, 0.29) is 12.4 Å². The summed E-state index contributed by atoms with van der Waals surface area (Å²) in [5.74, 6) is 0.0263. The van der Waals surface area contributed by atoms with Gasteiger partial charge in [0, 0.05) is 6.54 Å². The van der Waals surface area contributed by atoms with Gasteiger partial charge in [-0.05, 0) is 11.4 Å². The van der Waals surface area contributed by atoms with Crippen LogP contribution in [0.4, 0.5) is 0 Å². The molecule has 4 heteroatoms. The summed E-state index contributed by atoms with van der Waals surface area (Å²) in [6.07, 6.45) is 0. The molecular weight excluding hydrogens is 174 g/mol. The van der Waals surface area contributed by atoms with Crippen molar-refractivity contribution >= 4 is 17.1 Å². The number of thiophene rings is 1. The Morgan fingerprint density at radius 1 is 1.67 bits per heavy atom. The minimum absolute atomic E-state index is 0.0263. The second-order valence-corrected chi connectivity index (χ2v) is 3.19. The van der Waals surface area contributed by atoms with Crippen molar-refractivity contribution in [1.29, 1.82) is 0 Å². The summed E-state index contributed by atoms with van der Waals surface area (Å²) in [5.41, 5.74) is 5.20. The van der Waals surface area contributed by atoms with Crippen LogP contribution in [0.5, 0.6) is 0 Å². The number of hydrogen-bond donors (Lipinski definition) is 1. The van der Waals surface area contributed by atoms with E-state index in [1.165, 1.54) is 11.3 Å². The van der Waals surface area contributed by atoms with Gasteiger partial charge in [-0.2, -0.15) is 0 Å². The lowest BCUT2D eigenvalue weighted by molar-refractivity contribution is 0.0778. The number of hydrogen-bond acceptors (Lipinski definition) is 4. The van der Waals surface area contributed by atoms with E-state index >= 15 is 0 Å². The van der Waals surface area contributed by atoms with E-state index in [9.17, 15) is 4.79 Å². The van der Waals surface area contributed by atoms with Gasteiger partial charge in [0.2, 0.25) is 0 Å². The Kier molecular flexibility index (Phi) is 3.93. The summed E-state index contributed by atoms with van der Waals surface area (Å²) in [6.45, 7) is 1.03. The van der Waals surface area contributed by atoms with Crippen LogP contribution in [-0.4, -0.2) is 25.5 Å². The Labute approximate surface area is 75.1 Å². The van der Waals surface area contributed by atoms with Gasteiger partial charge in [-0.1, -0.05) is 6.07 Å². The average molecular weight is 185 g/mol. The number of rotatable bonds is 5. The van der Waals surface area contributed by atoms with Gasteiger partial charge < -0.3 is 10.5 Å². The van der Waals surface area contributed by atoms with Gasteiger partial charge >= 0.3 is 0 Å². The van der Waals surface area contributed by atoms with Crippen LogP contribution in [0.3, 0.4) is 0 Å². The molecule has 0 aliphatic rings. The average Bonchev–Trinajstić information content (AvgIpc) is 2.56. The van der Waals surface area contributed by atoms with E-state index < -0.39 is 0 Å². The summed E-state index contributed by atoms with van der Waals surface area (Å²) in [6, 6.07) is 3.64. The minimum atomic E-state index is 0.0263. The van der Waals surface area contributed by atoms with Crippen molar-refractivity contribution in [3.8, 4) is 0 Å². The minimum Gasteiger partial charge on any atom is -0.372 e. The SMILES string of the molecule is NCCOCC(=O)c1cccs1. The molecule has 2 N–H and O–H groups in total. The lowest BCUT2D eigenvalue weighted by Gasteiger charge is -1.98. The van der Waals surface area contributed by atoms with Crippen LogP contribution < -0.4 is 5.73 Å². The molecule has 0 radical (unpaired) electrons. The zero-order valence-electron chi connectivity index (χ0n) is 6.66. The molecule has 0 unspecified atom stereocenters. The molecule has 0 bridgehead atoms. The van der Waals surface area contributed by atoms with E-state index in [1.807, 2.05) is 11.4 Å². The molecule has 0 fully saturated rings. The van der Waals surface area contributed by atoms with E-state index in [1.54, 1.807) is 6.07 Å². The molecular formula is C8H11NO2S. The number of ether oxygens (including phenoxy) is 1. The van der Waals surface area contributed by atoms with Crippen LogP contribution in [0.1, 0.15) is 9.67 Å². The molecule has 0 aliphatic carbocycles. The third kappa shape index (κ3) is 2.73. The molecule has 1 aromatic heterocycles. The van der Waals surface area contributed by atoms with Gasteiger partial charge in [0.1, 0.15) is 6.61 Å². The number of Topliss-reactive ketones (excluding diaryl/α,β-unsaturated/α-hetero) is 1. The first kappa shape index (κ1) is 9.38. The van der Waals surface area contributed by atoms with Gasteiger partial charge in [-0.25, -0.2) is 0 Å². The smallest absolute Gasteiger partial charge is 0.198 e. The molecule has 0 aromatic carbocycles. The lowest BCUT2D eigenvalue weighted by Crippen LogP contribution is -2.13. The Balaban J connectivity index is 2.30. The summed E-state index contributed by atoms with van der Waals surface area (Å²) < 4.78 is 5.00. The van der Waals surface area contributed by atoms with E-state index in [0.29, 0.717) is 13.2 Å². The van der Waals surface area contributed by atoms with Crippen molar-refractivity contribution in [2.24, 2.45) is 5.73 Å². The molecule has 1 rings (SSSR count). The Morgan fingerprint density at radius 3 is 3.08 bits per heavy atom. The molecule has 1 aromatic rings. The highest BCUT2D eigenvalue weighted by molar-refractivity contribution is 7.12. The first-order valence-electron chi connectivity index (χ1n) is 3.69. The van der Waals surface area contributed by atoms with Gasteiger partial charge in [-0.3, -0.25) is 4.79 Å². The first-order valence-corrected chi connectivity index (χ1v) is 4.57. The zero-order chi connectivity index (χ0) is 8.81. The summed E-state index contributed by atoms with van der Waals surface area (Å²) in [7, 11) is 0. The zero-order valence-corrected chi connectivity index (χ0v) is 7.47. The Morgan fingerprint density at radius 2 is 2.50 bits per heavy atom. The standard InChI is InChI=1S/C8H11NO2S/c9-3-4-11-6-7(10)8-2-1-5-12-8/h1-2,5H,3-4,6,9H2. The van der Waals surface area contributed by atoms with Crippen LogP contribution in [0.2, 0.25) is 0 Å². The van der Waals surface area contributed by atoms with Crippen LogP contribution in [0.15, 0.2) is 17.5 Å². The van der Waals surface area contributed by atoms with Crippen LogP contribution >= 0.6 is 11.3 Å². The Bertz CT molecular complexity index is 233. The van der Waals surface area contributed by atoms with Gasteiger partial charge in [0.05, 0.1) is 11.5 Å². The fourth-order valence-corrected chi connectivity index (χ4v) is 1.41. The van der Waals surface area contributed by atoms with E-state index in [2.05, 4.69) is 0 Å². The quantitative estimate of drug-likeness (QED) is 0.548. The topological polar surface area (TPSA) is 52.3 Å². The highest BCUT2D eigenvalue weighted by Gasteiger charge is 2.05. The number of carbonyl (C=O) groups excluding carboxylic acids is 1. The first-order chi connectivity index (χ1) is 5.84. The third-order valence-electron chi connectivity index (χ3n) is 1.29. The molecule has 0 spiro atoms. The maximum atomic E-state index is 11.2.